The smallest absolute Gasteiger partial charge is 0.248 e. The van der Waals surface area contributed by atoms with E-state index in [2.05, 4.69) is 10.1 Å². The van der Waals surface area contributed by atoms with Crippen LogP contribution in [0.4, 0.5) is 10.1 Å². The van der Waals surface area contributed by atoms with Gasteiger partial charge in [0.05, 0.1) is 12.6 Å². The Hall–Kier alpha value is -2.77. The second-order valence-electron chi connectivity index (χ2n) is 5.64. The standard InChI is InChI=1S/C18H16ClFN4O2/c19-14-6-4-13(5-7-14)17(25)9-24(16-3-1-2-15(20)8-16)18(26)10-23-12-21-11-22-23/h1-8,11-12,17,25H,9-10H2. The lowest BCUT2D eigenvalue weighted by molar-refractivity contribution is -0.119. The Labute approximate surface area is 154 Å². The van der Waals surface area contributed by atoms with Crippen molar-refractivity contribution >= 4 is 23.2 Å². The summed E-state index contributed by atoms with van der Waals surface area (Å²) in [6.45, 7) is -0.123. The first kappa shape index (κ1) is 18.0. The third-order valence-corrected chi connectivity index (χ3v) is 4.05. The Kier molecular flexibility index (Phi) is 5.60. The molecule has 3 aromatic rings. The van der Waals surface area contributed by atoms with Crippen LogP contribution in [0.3, 0.4) is 0 Å². The van der Waals surface area contributed by atoms with Crippen LogP contribution in [0.5, 0.6) is 0 Å². The van der Waals surface area contributed by atoms with Crippen molar-refractivity contribution in [3.63, 3.8) is 0 Å². The number of nitrogens with zero attached hydrogens (tertiary/aromatic N) is 4. The maximum atomic E-state index is 13.6. The van der Waals surface area contributed by atoms with Gasteiger partial charge in [-0.1, -0.05) is 29.8 Å². The number of amides is 1. The van der Waals surface area contributed by atoms with Crippen LogP contribution in [0.2, 0.25) is 5.02 Å². The van der Waals surface area contributed by atoms with Crippen molar-refractivity contribution < 1.29 is 14.3 Å². The van der Waals surface area contributed by atoms with E-state index in [4.69, 9.17) is 11.6 Å². The van der Waals surface area contributed by atoms with E-state index in [9.17, 15) is 14.3 Å². The van der Waals surface area contributed by atoms with Gasteiger partial charge in [-0.05, 0) is 35.9 Å². The molecule has 134 valence electrons. The van der Waals surface area contributed by atoms with Gasteiger partial charge >= 0.3 is 0 Å². The largest absolute Gasteiger partial charge is 0.387 e. The number of aliphatic hydroxyl groups is 1. The van der Waals surface area contributed by atoms with Crippen LogP contribution >= 0.6 is 11.6 Å². The van der Waals surface area contributed by atoms with Crippen molar-refractivity contribution in [3.8, 4) is 0 Å². The fraction of sp³-hybridized carbons (Fsp3) is 0.167. The normalized spacial score (nSPS) is 12.0. The molecule has 0 aliphatic heterocycles. The van der Waals surface area contributed by atoms with E-state index in [1.165, 1.54) is 40.4 Å². The number of anilines is 1. The number of benzene rings is 2. The van der Waals surface area contributed by atoms with Gasteiger partial charge in [-0.2, -0.15) is 5.10 Å². The number of hydrogen-bond donors (Lipinski definition) is 1. The van der Waals surface area contributed by atoms with Crippen molar-refractivity contribution in [2.24, 2.45) is 0 Å². The molecule has 0 saturated carbocycles. The molecule has 0 saturated heterocycles. The number of carbonyl (C=O) groups is 1. The minimum Gasteiger partial charge on any atom is -0.387 e. The molecule has 1 amide bonds. The average Bonchev–Trinajstić information content (AvgIpc) is 3.13. The molecule has 8 heteroatoms. The first-order valence-electron chi connectivity index (χ1n) is 7.85. The maximum absolute atomic E-state index is 13.6. The van der Waals surface area contributed by atoms with Gasteiger partial charge in [0.2, 0.25) is 5.91 Å². The zero-order valence-corrected chi connectivity index (χ0v) is 14.4. The molecular weight excluding hydrogens is 359 g/mol. The van der Waals surface area contributed by atoms with Gasteiger partial charge < -0.3 is 10.0 Å². The van der Waals surface area contributed by atoms with E-state index in [0.29, 0.717) is 16.3 Å². The highest BCUT2D eigenvalue weighted by Gasteiger charge is 2.21. The number of hydrogen-bond acceptors (Lipinski definition) is 4. The molecule has 1 unspecified atom stereocenters. The number of carbonyl (C=O) groups excluding carboxylic acids is 1. The van der Waals surface area contributed by atoms with Gasteiger partial charge in [-0.3, -0.25) is 4.79 Å². The number of halogens is 2. The van der Waals surface area contributed by atoms with E-state index in [0.717, 1.165) is 0 Å². The van der Waals surface area contributed by atoms with Gasteiger partial charge in [-0.25, -0.2) is 14.1 Å². The third-order valence-electron chi connectivity index (χ3n) is 3.80. The zero-order valence-electron chi connectivity index (χ0n) is 13.7. The summed E-state index contributed by atoms with van der Waals surface area (Å²) in [6, 6.07) is 12.3. The highest BCUT2D eigenvalue weighted by molar-refractivity contribution is 6.30. The quantitative estimate of drug-likeness (QED) is 0.720. The van der Waals surface area contributed by atoms with Crippen LogP contribution in [-0.2, 0) is 11.3 Å². The van der Waals surface area contributed by atoms with Crippen LogP contribution in [0, 0.1) is 5.82 Å². The van der Waals surface area contributed by atoms with Crippen LogP contribution in [0.25, 0.3) is 0 Å². The third kappa shape index (κ3) is 4.44. The topological polar surface area (TPSA) is 71.2 Å². The van der Waals surface area contributed by atoms with Gasteiger partial charge in [-0.15, -0.1) is 0 Å². The molecule has 0 fully saturated rings. The Bertz CT molecular complexity index is 871. The summed E-state index contributed by atoms with van der Waals surface area (Å²) in [6.07, 6.45) is 1.77. The van der Waals surface area contributed by atoms with Crippen LogP contribution in [0.15, 0.2) is 61.2 Å². The lowest BCUT2D eigenvalue weighted by Crippen LogP contribution is -2.37. The van der Waals surface area contributed by atoms with Crippen molar-refractivity contribution in [3.05, 3.63) is 77.6 Å². The first-order valence-corrected chi connectivity index (χ1v) is 8.22. The molecule has 0 aliphatic carbocycles. The number of rotatable bonds is 6. The van der Waals surface area contributed by atoms with Crippen LogP contribution < -0.4 is 4.90 Å². The van der Waals surface area contributed by atoms with Crippen molar-refractivity contribution in [1.29, 1.82) is 0 Å². The summed E-state index contributed by atoms with van der Waals surface area (Å²) >= 11 is 5.86. The fourth-order valence-electron chi connectivity index (χ4n) is 2.50. The fourth-order valence-corrected chi connectivity index (χ4v) is 2.62. The average molecular weight is 375 g/mol. The molecule has 1 atom stereocenters. The van der Waals surface area contributed by atoms with Crippen LogP contribution in [-0.4, -0.2) is 32.3 Å². The van der Waals surface area contributed by atoms with E-state index in [1.54, 1.807) is 30.3 Å². The molecule has 26 heavy (non-hydrogen) atoms. The van der Waals surface area contributed by atoms with Crippen molar-refractivity contribution in [2.75, 3.05) is 11.4 Å². The Morgan fingerprint density at radius 3 is 2.69 bits per heavy atom. The highest BCUT2D eigenvalue weighted by Crippen LogP contribution is 2.22. The van der Waals surface area contributed by atoms with Gasteiger partial charge in [0.15, 0.2) is 0 Å². The molecular formula is C18H16ClFN4O2. The molecule has 0 bridgehead atoms. The Balaban J connectivity index is 1.84. The van der Waals surface area contributed by atoms with E-state index >= 15 is 0 Å². The number of aromatic nitrogens is 3. The van der Waals surface area contributed by atoms with Crippen LogP contribution in [0.1, 0.15) is 11.7 Å². The summed E-state index contributed by atoms with van der Waals surface area (Å²) in [7, 11) is 0. The van der Waals surface area contributed by atoms with Gasteiger partial charge in [0.25, 0.3) is 0 Å². The minimum atomic E-state index is -0.963. The van der Waals surface area contributed by atoms with E-state index in [1.807, 2.05) is 0 Å². The molecule has 1 aromatic heterocycles. The summed E-state index contributed by atoms with van der Waals surface area (Å²) in [5, 5.41) is 15.0. The summed E-state index contributed by atoms with van der Waals surface area (Å²) in [4.78, 5) is 17.8. The molecule has 1 heterocycles. The molecule has 0 aliphatic rings. The molecule has 0 radical (unpaired) electrons. The summed E-state index contributed by atoms with van der Waals surface area (Å²) in [5.74, 6) is -0.823. The molecule has 3 rings (SSSR count). The SMILES string of the molecule is O=C(Cn1cncn1)N(CC(O)c1ccc(Cl)cc1)c1cccc(F)c1. The second-order valence-corrected chi connectivity index (χ2v) is 6.08. The lowest BCUT2D eigenvalue weighted by Gasteiger charge is -2.26. The Morgan fingerprint density at radius 2 is 2.04 bits per heavy atom. The predicted molar refractivity (Wildman–Crippen MR) is 95.2 cm³/mol. The second kappa shape index (κ2) is 8.07. The van der Waals surface area contributed by atoms with Crippen molar-refractivity contribution in [2.45, 2.75) is 12.6 Å². The zero-order chi connectivity index (χ0) is 18.5. The number of aliphatic hydroxyl groups excluding tert-OH is 1. The lowest BCUT2D eigenvalue weighted by atomic mass is 10.1. The molecule has 1 N–H and O–H groups in total. The maximum Gasteiger partial charge on any atom is 0.248 e. The highest BCUT2D eigenvalue weighted by atomic mass is 35.5. The van der Waals surface area contributed by atoms with Gasteiger partial charge in [0.1, 0.15) is 25.0 Å². The minimum absolute atomic E-state index is 0.0430. The molecule has 6 nitrogen and oxygen atoms in total. The van der Waals surface area contributed by atoms with E-state index in [-0.39, 0.29) is 19.0 Å². The molecule has 2 aromatic carbocycles. The Morgan fingerprint density at radius 1 is 1.27 bits per heavy atom. The van der Waals surface area contributed by atoms with Gasteiger partial charge in [0, 0.05) is 10.7 Å². The van der Waals surface area contributed by atoms with E-state index < -0.39 is 11.9 Å². The predicted octanol–water partition coefficient (Wildman–Crippen LogP) is 2.84. The monoisotopic (exact) mass is 374 g/mol. The summed E-state index contributed by atoms with van der Waals surface area (Å²) in [5.41, 5.74) is 0.951. The molecule has 0 spiro atoms. The summed E-state index contributed by atoms with van der Waals surface area (Å²) < 4.78 is 15.0. The van der Waals surface area contributed by atoms with Crippen molar-refractivity contribution in [1.82, 2.24) is 14.8 Å². The first-order chi connectivity index (χ1) is 12.5.